The van der Waals surface area contributed by atoms with E-state index in [1.54, 1.807) is 12.1 Å². The number of carbonyl (C=O) groups excluding carboxylic acids is 1. The summed E-state index contributed by atoms with van der Waals surface area (Å²) in [4.78, 5) is 16.2. The molecular formula is C23H20F4N2O. The normalized spacial score (nSPS) is 12.0. The molecule has 1 heterocycles. The number of nitrogens with zero attached hydrogens (tertiary/aromatic N) is 1. The van der Waals surface area contributed by atoms with Gasteiger partial charge in [0.1, 0.15) is 5.82 Å². The molecule has 0 spiro atoms. The van der Waals surface area contributed by atoms with Crippen LogP contribution in [0.2, 0.25) is 0 Å². The molecule has 30 heavy (non-hydrogen) atoms. The number of anilines is 1. The lowest BCUT2D eigenvalue weighted by Crippen LogP contribution is -2.15. The molecule has 3 rings (SSSR count). The van der Waals surface area contributed by atoms with Gasteiger partial charge in [-0.3, -0.25) is 9.78 Å². The lowest BCUT2D eigenvalue weighted by atomic mass is 9.87. The lowest BCUT2D eigenvalue weighted by Gasteiger charge is -2.19. The van der Waals surface area contributed by atoms with Crippen molar-refractivity contribution in [2.45, 2.75) is 32.4 Å². The molecule has 1 N–H and O–H groups in total. The van der Waals surface area contributed by atoms with Crippen molar-refractivity contribution >= 4 is 11.6 Å². The van der Waals surface area contributed by atoms with Gasteiger partial charge in [0.15, 0.2) is 0 Å². The molecule has 1 amide bonds. The Balaban J connectivity index is 1.85. The smallest absolute Gasteiger partial charge is 0.322 e. The maximum atomic E-state index is 14.6. The molecule has 3 nitrogen and oxygen atoms in total. The van der Waals surface area contributed by atoms with Crippen LogP contribution in [0.3, 0.4) is 0 Å². The monoisotopic (exact) mass is 416 g/mol. The van der Waals surface area contributed by atoms with Gasteiger partial charge in [-0.15, -0.1) is 0 Å². The summed E-state index contributed by atoms with van der Waals surface area (Å²) in [5.41, 5.74) is -0.193. The minimum absolute atomic E-state index is 0.0504. The second kappa shape index (κ2) is 7.89. The fourth-order valence-electron chi connectivity index (χ4n) is 2.96. The number of alkyl halides is 3. The first kappa shape index (κ1) is 21.5. The number of aromatic nitrogens is 1. The topological polar surface area (TPSA) is 42.0 Å². The molecule has 0 aliphatic carbocycles. The Labute approximate surface area is 171 Å². The average Bonchev–Trinajstić information content (AvgIpc) is 2.67. The SMILES string of the molecule is CC(C)(C)c1ccc(NC(=O)c2ccc(-c3ncccc3C(F)(F)F)cc2F)cc1. The quantitative estimate of drug-likeness (QED) is 0.498. The van der Waals surface area contributed by atoms with Crippen molar-refractivity contribution in [1.29, 1.82) is 0 Å². The van der Waals surface area contributed by atoms with Crippen LogP contribution in [0.1, 0.15) is 42.3 Å². The Morgan fingerprint density at radius 3 is 2.20 bits per heavy atom. The second-order valence-corrected chi connectivity index (χ2v) is 7.87. The van der Waals surface area contributed by atoms with Crippen molar-refractivity contribution in [3.63, 3.8) is 0 Å². The molecule has 0 aliphatic rings. The summed E-state index contributed by atoms with van der Waals surface area (Å²) >= 11 is 0. The van der Waals surface area contributed by atoms with E-state index in [9.17, 15) is 22.4 Å². The van der Waals surface area contributed by atoms with Crippen molar-refractivity contribution in [2.75, 3.05) is 5.32 Å². The molecule has 0 bridgehead atoms. The van der Waals surface area contributed by atoms with Crippen LogP contribution in [-0.2, 0) is 11.6 Å². The number of halogens is 4. The van der Waals surface area contributed by atoms with Crippen molar-refractivity contribution in [3.8, 4) is 11.3 Å². The first-order chi connectivity index (χ1) is 14.0. The van der Waals surface area contributed by atoms with Gasteiger partial charge >= 0.3 is 6.18 Å². The summed E-state index contributed by atoms with van der Waals surface area (Å²) in [5.74, 6) is -1.63. The number of carbonyl (C=O) groups is 1. The van der Waals surface area contributed by atoms with Gasteiger partial charge in [0.2, 0.25) is 0 Å². The standard InChI is InChI=1S/C23H20F4N2O/c1-22(2,3)15-7-9-16(10-8-15)29-21(30)17-11-6-14(13-19(17)24)20-18(23(25,26)27)5-4-12-28-20/h4-13H,1-3H3,(H,29,30). The Kier molecular flexibility index (Phi) is 5.65. The van der Waals surface area contributed by atoms with Crippen LogP contribution in [0, 0.1) is 5.82 Å². The van der Waals surface area contributed by atoms with Gasteiger partial charge in [0.25, 0.3) is 5.91 Å². The maximum absolute atomic E-state index is 14.6. The van der Waals surface area contributed by atoms with Gasteiger partial charge in [-0.1, -0.05) is 39.0 Å². The van der Waals surface area contributed by atoms with Crippen LogP contribution in [0.25, 0.3) is 11.3 Å². The van der Waals surface area contributed by atoms with Crippen LogP contribution in [0.5, 0.6) is 0 Å². The van der Waals surface area contributed by atoms with Crippen LogP contribution in [0.15, 0.2) is 60.8 Å². The number of nitrogens with one attached hydrogen (secondary N) is 1. The summed E-state index contributed by atoms with van der Waals surface area (Å²) in [6.07, 6.45) is -3.43. The van der Waals surface area contributed by atoms with Crippen molar-refractivity contribution < 1.29 is 22.4 Å². The predicted octanol–water partition coefficient (Wildman–Crippen LogP) is 6.46. The van der Waals surface area contributed by atoms with Gasteiger partial charge < -0.3 is 5.32 Å². The molecule has 1 aromatic heterocycles. The van der Waals surface area contributed by atoms with Crippen molar-refractivity contribution in [3.05, 3.63) is 83.3 Å². The Morgan fingerprint density at radius 2 is 1.63 bits per heavy atom. The minimum Gasteiger partial charge on any atom is -0.322 e. The van der Waals surface area contributed by atoms with Crippen molar-refractivity contribution in [1.82, 2.24) is 4.98 Å². The third kappa shape index (κ3) is 4.67. The molecule has 0 saturated carbocycles. The van der Waals surface area contributed by atoms with E-state index in [4.69, 9.17) is 0 Å². The van der Waals surface area contributed by atoms with Gasteiger partial charge in [0, 0.05) is 17.4 Å². The van der Waals surface area contributed by atoms with E-state index in [2.05, 4.69) is 31.1 Å². The second-order valence-electron chi connectivity index (χ2n) is 7.87. The zero-order chi connectivity index (χ0) is 22.1. The highest BCUT2D eigenvalue weighted by molar-refractivity contribution is 6.04. The number of pyridine rings is 1. The summed E-state index contributed by atoms with van der Waals surface area (Å²) in [6.45, 7) is 6.18. The fourth-order valence-corrected chi connectivity index (χ4v) is 2.96. The number of amides is 1. The van der Waals surface area contributed by atoms with Gasteiger partial charge in [-0.05, 0) is 47.4 Å². The van der Waals surface area contributed by atoms with E-state index in [1.807, 2.05) is 12.1 Å². The molecule has 7 heteroatoms. The van der Waals surface area contributed by atoms with E-state index >= 15 is 0 Å². The number of rotatable bonds is 3. The summed E-state index contributed by atoms with van der Waals surface area (Å²) in [7, 11) is 0. The van der Waals surface area contributed by atoms with Crippen LogP contribution < -0.4 is 5.32 Å². The average molecular weight is 416 g/mol. The molecule has 0 fully saturated rings. The van der Waals surface area contributed by atoms with E-state index < -0.39 is 29.2 Å². The van der Waals surface area contributed by atoms with Crippen molar-refractivity contribution in [2.24, 2.45) is 0 Å². The largest absolute Gasteiger partial charge is 0.418 e. The summed E-state index contributed by atoms with van der Waals surface area (Å²) in [6, 6.07) is 12.5. The molecule has 0 radical (unpaired) electrons. The zero-order valence-corrected chi connectivity index (χ0v) is 16.6. The molecule has 0 saturated heterocycles. The van der Waals surface area contributed by atoms with Gasteiger partial charge in [-0.2, -0.15) is 13.2 Å². The van der Waals surface area contributed by atoms with Crippen LogP contribution in [0.4, 0.5) is 23.2 Å². The van der Waals surface area contributed by atoms with E-state index in [-0.39, 0.29) is 16.5 Å². The molecular weight excluding hydrogens is 396 g/mol. The molecule has 0 atom stereocenters. The minimum atomic E-state index is -4.63. The van der Waals surface area contributed by atoms with Crippen LogP contribution in [-0.4, -0.2) is 10.9 Å². The van der Waals surface area contributed by atoms with E-state index in [1.165, 1.54) is 12.3 Å². The molecule has 0 unspecified atom stereocenters. The summed E-state index contributed by atoms with van der Waals surface area (Å²) in [5, 5.41) is 2.60. The first-order valence-electron chi connectivity index (χ1n) is 9.21. The first-order valence-corrected chi connectivity index (χ1v) is 9.21. The molecule has 2 aromatic carbocycles. The number of hydrogen-bond acceptors (Lipinski definition) is 2. The Bertz CT molecular complexity index is 1070. The third-order valence-electron chi connectivity index (χ3n) is 4.61. The number of benzene rings is 2. The highest BCUT2D eigenvalue weighted by atomic mass is 19.4. The van der Waals surface area contributed by atoms with E-state index in [0.29, 0.717) is 5.69 Å². The molecule has 0 aliphatic heterocycles. The molecule has 3 aromatic rings. The highest BCUT2D eigenvalue weighted by Crippen LogP contribution is 2.36. The van der Waals surface area contributed by atoms with Gasteiger partial charge in [-0.25, -0.2) is 4.39 Å². The third-order valence-corrected chi connectivity index (χ3v) is 4.61. The molecule has 156 valence electrons. The predicted molar refractivity (Wildman–Crippen MR) is 108 cm³/mol. The fraction of sp³-hybridized carbons (Fsp3) is 0.217. The Morgan fingerprint density at radius 1 is 0.967 bits per heavy atom. The number of hydrogen-bond donors (Lipinski definition) is 1. The Hall–Kier alpha value is -3.22. The van der Waals surface area contributed by atoms with Crippen LogP contribution >= 0.6 is 0 Å². The summed E-state index contributed by atoms with van der Waals surface area (Å²) < 4.78 is 54.1. The highest BCUT2D eigenvalue weighted by Gasteiger charge is 2.34. The zero-order valence-electron chi connectivity index (χ0n) is 16.6. The maximum Gasteiger partial charge on any atom is 0.418 e. The lowest BCUT2D eigenvalue weighted by molar-refractivity contribution is -0.137. The van der Waals surface area contributed by atoms with E-state index in [0.717, 1.165) is 29.8 Å². The van der Waals surface area contributed by atoms with Gasteiger partial charge in [0.05, 0.1) is 16.8 Å².